The van der Waals surface area contributed by atoms with E-state index in [2.05, 4.69) is 43.4 Å². The number of ether oxygens (including phenoxy) is 1. The summed E-state index contributed by atoms with van der Waals surface area (Å²) in [5, 5.41) is 14.8. The van der Waals surface area contributed by atoms with Gasteiger partial charge in [-0.1, -0.05) is 65.5 Å². The van der Waals surface area contributed by atoms with Gasteiger partial charge in [-0.15, -0.1) is 0 Å². The van der Waals surface area contributed by atoms with Crippen LogP contribution in [0.2, 0.25) is 5.02 Å². The first kappa shape index (κ1) is 24.8. The summed E-state index contributed by atoms with van der Waals surface area (Å²) in [6.45, 7) is 5.94. The molecular weight excluding hydrogens is 468 g/mol. The minimum absolute atomic E-state index is 0.0129. The summed E-state index contributed by atoms with van der Waals surface area (Å²) in [6.07, 6.45) is 6.61. The Balaban J connectivity index is 1.61. The lowest BCUT2D eigenvalue weighted by Crippen LogP contribution is -2.35. The van der Waals surface area contributed by atoms with E-state index in [0.29, 0.717) is 17.7 Å². The lowest BCUT2D eigenvalue weighted by Gasteiger charge is -2.24. The van der Waals surface area contributed by atoms with Crippen LogP contribution < -0.4 is 10.1 Å². The SMILES string of the molecule is Cc1cc(C)cc(-c2cnc3cc(Cl)c(-c4cccc(CO)c4)cc3c2OCC[C@H]2CCCCN2)c1. The zero-order valence-electron chi connectivity index (χ0n) is 21.0. The molecule has 186 valence electrons. The van der Waals surface area contributed by atoms with E-state index >= 15 is 0 Å². The molecule has 1 atom stereocenters. The average Bonchev–Trinajstić information content (AvgIpc) is 2.88. The van der Waals surface area contributed by atoms with Gasteiger partial charge in [0.2, 0.25) is 0 Å². The van der Waals surface area contributed by atoms with Gasteiger partial charge in [0.25, 0.3) is 0 Å². The number of piperidine rings is 1. The number of aromatic nitrogens is 1. The molecule has 0 radical (unpaired) electrons. The van der Waals surface area contributed by atoms with Crippen molar-refractivity contribution in [3.05, 3.63) is 82.5 Å². The number of aliphatic hydroxyl groups excluding tert-OH is 1. The topological polar surface area (TPSA) is 54.4 Å². The summed E-state index contributed by atoms with van der Waals surface area (Å²) < 4.78 is 6.60. The molecule has 4 aromatic rings. The van der Waals surface area contributed by atoms with E-state index < -0.39 is 0 Å². The molecule has 1 saturated heterocycles. The summed E-state index contributed by atoms with van der Waals surface area (Å²) in [6, 6.07) is 18.9. The number of nitrogens with zero attached hydrogens (tertiary/aromatic N) is 1. The van der Waals surface area contributed by atoms with Crippen molar-refractivity contribution in [3.8, 4) is 28.0 Å². The van der Waals surface area contributed by atoms with Crippen LogP contribution in [-0.4, -0.2) is 29.3 Å². The summed E-state index contributed by atoms with van der Waals surface area (Å²) in [5.41, 5.74) is 8.03. The maximum Gasteiger partial charge on any atom is 0.138 e. The first-order valence-corrected chi connectivity index (χ1v) is 13.2. The Hall–Kier alpha value is -2.92. The van der Waals surface area contributed by atoms with E-state index in [-0.39, 0.29) is 6.61 Å². The molecule has 0 spiro atoms. The summed E-state index contributed by atoms with van der Waals surface area (Å²) in [4.78, 5) is 4.79. The fourth-order valence-corrected chi connectivity index (χ4v) is 5.48. The van der Waals surface area contributed by atoms with Crippen LogP contribution in [0.4, 0.5) is 0 Å². The first-order valence-electron chi connectivity index (χ1n) is 12.8. The molecule has 0 saturated carbocycles. The minimum atomic E-state index is -0.0129. The predicted octanol–water partition coefficient (Wildman–Crippen LogP) is 7.24. The van der Waals surface area contributed by atoms with Gasteiger partial charge in [-0.3, -0.25) is 4.98 Å². The molecular formula is C31H33ClN2O2. The van der Waals surface area contributed by atoms with Crippen LogP contribution in [0.5, 0.6) is 5.75 Å². The molecule has 1 aliphatic rings. The lowest BCUT2D eigenvalue weighted by atomic mass is 9.97. The van der Waals surface area contributed by atoms with Crippen molar-refractivity contribution in [2.45, 2.75) is 52.2 Å². The van der Waals surface area contributed by atoms with Gasteiger partial charge in [-0.25, -0.2) is 0 Å². The third kappa shape index (κ3) is 5.41. The van der Waals surface area contributed by atoms with Crippen molar-refractivity contribution < 1.29 is 9.84 Å². The Morgan fingerprint density at radius 2 is 1.83 bits per heavy atom. The molecule has 5 rings (SSSR count). The van der Waals surface area contributed by atoms with Crippen LogP contribution in [0.25, 0.3) is 33.2 Å². The van der Waals surface area contributed by atoms with E-state index in [1.54, 1.807) is 0 Å². The number of rotatable bonds is 7. The molecule has 5 heteroatoms. The average molecular weight is 501 g/mol. The summed E-state index contributed by atoms with van der Waals surface area (Å²) in [5.74, 6) is 0.844. The number of halogens is 1. The number of benzene rings is 3. The maximum absolute atomic E-state index is 9.64. The molecule has 1 aliphatic heterocycles. The molecule has 2 heterocycles. The monoisotopic (exact) mass is 500 g/mol. The number of fused-ring (bicyclic) bond motifs is 1. The third-order valence-electron chi connectivity index (χ3n) is 6.99. The second kappa shape index (κ2) is 11.0. The van der Waals surface area contributed by atoms with E-state index in [1.807, 2.05) is 36.5 Å². The van der Waals surface area contributed by atoms with Gasteiger partial charge in [0.05, 0.1) is 23.8 Å². The van der Waals surface area contributed by atoms with E-state index in [4.69, 9.17) is 21.3 Å². The van der Waals surface area contributed by atoms with Gasteiger partial charge < -0.3 is 15.2 Å². The van der Waals surface area contributed by atoms with E-state index in [0.717, 1.165) is 57.4 Å². The molecule has 0 bridgehead atoms. The summed E-state index contributed by atoms with van der Waals surface area (Å²) in [7, 11) is 0. The Kier molecular flexibility index (Phi) is 7.56. The third-order valence-corrected chi connectivity index (χ3v) is 7.30. The largest absolute Gasteiger partial charge is 0.492 e. The molecule has 0 amide bonds. The molecule has 3 aromatic carbocycles. The van der Waals surface area contributed by atoms with Gasteiger partial charge in [-0.05, 0) is 74.5 Å². The highest BCUT2D eigenvalue weighted by atomic mass is 35.5. The number of hydrogen-bond acceptors (Lipinski definition) is 4. The zero-order chi connectivity index (χ0) is 25.1. The van der Waals surface area contributed by atoms with Gasteiger partial charge in [0.15, 0.2) is 0 Å². The highest BCUT2D eigenvalue weighted by Crippen LogP contribution is 2.41. The van der Waals surface area contributed by atoms with Crippen LogP contribution in [0, 0.1) is 13.8 Å². The number of nitrogens with one attached hydrogen (secondary N) is 1. The molecule has 0 aliphatic carbocycles. The van der Waals surface area contributed by atoms with Crippen LogP contribution in [0.15, 0.2) is 60.8 Å². The van der Waals surface area contributed by atoms with Crippen LogP contribution in [0.1, 0.15) is 42.4 Å². The Morgan fingerprint density at radius 1 is 1.00 bits per heavy atom. The molecule has 36 heavy (non-hydrogen) atoms. The van der Waals surface area contributed by atoms with E-state index in [1.165, 1.54) is 30.4 Å². The second-order valence-corrected chi connectivity index (χ2v) is 10.3. The van der Waals surface area contributed by atoms with Crippen LogP contribution in [-0.2, 0) is 6.61 Å². The Morgan fingerprint density at radius 3 is 2.58 bits per heavy atom. The standard InChI is InChI=1S/C31H33ClN2O2/c1-20-12-21(2)14-24(13-20)28-18-34-30-17-29(32)26(23-7-5-6-22(15-23)19-35)16-27(30)31(28)36-11-9-25-8-3-4-10-33-25/h5-7,12-18,25,33,35H,3-4,8-11,19H2,1-2H3/t25-/m1/s1. The van der Waals surface area contributed by atoms with Gasteiger partial charge >= 0.3 is 0 Å². The molecule has 2 N–H and O–H groups in total. The second-order valence-electron chi connectivity index (χ2n) is 9.87. The van der Waals surface area contributed by atoms with Crippen molar-refractivity contribution in [3.63, 3.8) is 0 Å². The Bertz CT molecular complexity index is 1360. The van der Waals surface area contributed by atoms with Crippen LogP contribution >= 0.6 is 11.6 Å². The molecule has 4 nitrogen and oxygen atoms in total. The fraction of sp³-hybridized carbons (Fsp3) is 0.323. The maximum atomic E-state index is 9.64. The fourth-order valence-electron chi connectivity index (χ4n) is 5.21. The number of aryl methyl sites for hydroxylation is 2. The molecule has 0 unspecified atom stereocenters. The summed E-state index contributed by atoms with van der Waals surface area (Å²) >= 11 is 6.74. The molecule has 1 aromatic heterocycles. The van der Waals surface area contributed by atoms with Gasteiger partial charge in [0, 0.05) is 28.8 Å². The highest BCUT2D eigenvalue weighted by molar-refractivity contribution is 6.34. The van der Waals surface area contributed by atoms with Crippen molar-refractivity contribution in [2.24, 2.45) is 0 Å². The minimum Gasteiger partial charge on any atom is -0.492 e. The predicted molar refractivity (Wildman–Crippen MR) is 149 cm³/mol. The van der Waals surface area contributed by atoms with Crippen molar-refractivity contribution in [2.75, 3.05) is 13.2 Å². The van der Waals surface area contributed by atoms with Gasteiger partial charge in [-0.2, -0.15) is 0 Å². The highest BCUT2D eigenvalue weighted by Gasteiger charge is 2.18. The van der Waals surface area contributed by atoms with Crippen molar-refractivity contribution in [1.82, 2.24) is 10.3 Å². The number of hydrogen-bond donors (Lipinski definition) is 2. The zero-order valence-corrected chi connectivity index (χ0v) is 21.7. The Labute approximate surface area is 218 Å². The number of pyridine rings is 1. The van der Waals surface area contributed by atoms with Gasteiger partial charge in [0.1, 0.15) is 5.75 Å². The van der Waals surface area contributed by atoms with Crippen molar-refractivity contribution >= 4 is 22.5 Å². The normalized spacial score (nSPS) is 15.8. The van der Waals surface area contributed by atoms with Crippen molar-refractivity contribution in [1.29, 1.82) is 0 Å². The first-order chi connectivity index (χ1) is 17.5. The number of aliphatic hydroxyl groups is 1. The molecule has 1 fully saturated rings. The quantitative estimate of drug-likeness (QED) is 0.281. The lowest BCUT2D eigenvalue weighted by molar-refractivity contribution is 0.271. The smallest absolute Gasteiger partial charge is 0.138 e. The van der Waals surface area contributed by atoms with Crippen LogP contribution in [0.3, 0.4) is 0 Å². The van der Waals surface area contributed by atoms with E-state index in [9.17, 15) is 5.11 Å².